The zero-order chi connectivity index (χ0) is 22.2. The van der Waals surface area contributed by atoms with Crippen molar-refractivity contribution >= 4 is 29.4 Å². The van der Waals surface area contributed by atoms with Gasteiger partial charge in [-0.3, -0.25) is 10.1 Å². The van der Waals surface area contributed by atoms with Gasteiger partial charge in [0.25, 0.3) is 0 Å². The van der Waals surface area contributed by atoms with Gasteiger partial charge in [0, 0.05) is 18.0 Å². The third kappa shape index (κ3) is 9.51. The molecule has 0 aliphatic heterocycles. The second-order valence-electron chi connectivity index (χ2n) is 6.13. The molecule has 1 heterocycles. The number of nitrogens with one attached hydrogen (secondary N) is 2. The molecule has 0 saturated heterocycles. The fraction of sp³-hybridized carbons (Fsp3) is 0.444. The zero-order valence-corrected chi connectivity index (χ0v) is 17.1. The first kappa shape index (κ1) is 24.5. The number of carbonyl (C=O) groups excluding carboxylic acids is 1. The number of alkyl halides is 4. The number of rotatable bonds is 4. The smallest absolute Gasteiger partial charge is 0.348 e. The maximum atomic E-state index is 11.1. The highest BCUT2D eigenvalue weighted by Gasteiger charge is 2.35. The van der Waals surface area contributed by atoms with Crippen LogP contribution in [0.5, 0.6) is 0 Å². The van der Waals surface area contributed by atoms with Crippen molar-refractivity contribution in [3.8, 4) is 0 Å². The van der Waals surface area contributed by atoms with Gasteiger partial charge in [0.15, 0.2) is 6.17 Å². The summed E-state index contributed by atoms with van der Waals surface area (Å²) in [5.74, 6) is 0.979. The van der Waals surface area contributed by atoms with Crippen LogP contribution in [0.1, 0.15) is 33.0 Å². The number of carbonyl (C=O) groups is 1. The van der Waals surface area contributed by atoms with E-state index in [2.05, 4.69) is 25.6 Å². The van der Waals surface area contributed by atoms with E-state index in [9.17, 15) is 22.4 Å². The Balaban J connectivity index is 0.000000516. The van der Waals surface area contributed by atoms with E-state index in [0.29, 0.717) is 23.7 Å². The minimum atomic E-state index is -4.67. The molecule has 160 valence electrons. The number of anilines is 2. The van der Waals surface area contributed by atoms with Crippen molar-refractivity contribution in [3.05, 3.63) is 40.7 Å². The standard InChI is InChI=1S/C15H18ClN5O.C3H4F4/c1-9(12-5-4-6-13(16)8-7-12)17-14-18-10(2)19-15(21-14)20-11(3)22;1-2(4)3(5,6)7/h4,6-9H,5H2,1-3H3,(H2,17,18,19,20,21,22);2H,1H3. The van der Waals surface area contributed by atoms with E-state index in [-0.39, 0.29) is 17.9 Å². The fourth-order valence-electron chi connectivity index (χ4n) is 1.99. The van der Waals surface area contributed by atoms with E-state index in [1.807, 2.05) is 31.2 Å². The largest absolute Gasteiger partial charge is 0.419 e. The van der Waals surface area contributed by atoms with Crippen LogP contribution in [0, 0.1) is 6.92 Å². The van der Waals surface area contributed by atoms with Crippen LogP contribution in [0.4, 0.5) is 29.5 Å². The summed E-state index contributed by atoms with van der Waals surface area (Å²) >= 11 is 5.98. The Morgan fingerprint density at radius 2 is 1.76 bits per heavy atom. The van der Waals surface area contributed by atoms with E-state index in [1.165, 1.54) is 6.92 Å². The van der Waals surface area contributed by atoms with Crippen LogP contribution in [-0.4, -0.2) is 39.2 Å². The van der Waals surface area contributed by atoms with Gasteiger partial charge < -0.3 is 5.32 Å². The highest BCUT2D eigenvalue weighted by Crippen LogP contribution is 2.21. The molecule has 2 atom stereocenters. The second kappa shape index (κ2) is 10.9. The summed E-state index contributed by atoms with van der Waals surface area (Å²) in [5.41, 5.74) is 1.16. The molecular formula is C18H22ClF4N5O. The molecule has 1 aromatic heterocycles. The first-order chi connectivity index (χ1) is 13.4. The number of amides is 1. The summed E-state index contributed by atoms with van der Waals surface area (Å²) in [7, 11) is 0. The quantitative estimate of drug-likeness (QED) is 0.660. The van der Waals surface area contributed by atoms with E-state index in [1.54, 1.807) is 6.92 Å². The topological polar surface area (TPSA) is 79.8 Å². The molecule has 2 rings (SSSR count). The van der Waals surface area contributed by atoms with Crippen LogP contribution in [0.2, 0.25) is 0 Å². The molecule has 0 fully saturated rings. The number of halogens is 5. The van der Waals surface area contributed by atoms with Gasteiger partial charge >= 0.3 is 6.18 Å². The lowest BCUT2D eigenvalue weighted by molar-refractivity contribution is -0.174. The Bertz CT molecular complexity index is 806. The summed E-state index contributed by atoms with van der Waals surface area (Å²) < 4.78 is 43.5. The van der Waals surface area contributed by atoms with Crippen LogP contribution in [0.25, 0.3) is 0 Å². The molecule has 6 nitrogen and oxygen atoms in total. The average molecular weight is 436 g/mol. The lowest BCUT2D eigenvalue weighted by Crippen LogP contribution is -2.21. The van der Waals surface area contributed by atoms with Gasteiger partial charge in [0.1, 0.15) is 5.82 Å². The number of aromatic nitrogens is 3. The lowest BCUT2D eigenvalue weighted by Gasteiger charge is -2.16. The number of nitrogens with zero attached hydrogens (tertiary/aromatic N) is 3. The molecule has 0 saturated carbocycles. The van der Waals surface area contributed by atoms with Crippen LogP contribution >= 0.6 is 11.6 Å². The number of hydrogen-bond acceptors (Lipinski definition) is 5. The predicted octanol–water partition coefficient (Wildman–Crippen LogP) is 4.85. The molecule has 0 spiro atoms. The number of hydrogen-bond donors (Lipinski definition) is 2. The van der Waals surface area contributed by atoms with Crippen LogP contribution in [-0.2, 0) is 4.79 Å². The van der Waals surface area contributed by atoms with Crippen molar-refractivity contribution in [2.24, 2.45) is 0 Å². The molecule has 1 aliphatic carbocycles. The average Bonchev–Trinajstić information content (AvgIpc) is 2.78. The Morgan fingerprint density at radius 1 is 1.17 bits per heavy atom. The predicted molar refractivity (Wildman–Crippen MR) is 104 cm³/mol. The summed E-state index contributed by atoms with van der Waals surface area (Å²) in [4.78, 5) is 23.6. The van der Waals surface area contributed by atoms with Gasteiger partial charge in [-0.25, -0.2) is 4.39 Å². The minimum absolute atomic E-state index is 0.0236. The Morgan fingerprint density at radius 3 is 2.31 bits per heavy atom. The Hall–Kier alpha value is -2.49. The third-order valence-corrected chi connectivity index (χ3v) is 3.73. The molecule has 0 aromatic carbocycles. The number of aryl methyl sites for hydroxylation is 1. The van der Waals surface area contributed by atoms with E-state index in [4.69, 9.17) is 11.6 Å². The Labute approximate surface area is 171 Å². The summed E-state index contributed by atoms with van der Waals surface area (Å²) in [6, 6.07) is 0.0236. The van der Waals surface area contributed by atoms with Gasteiger partial charge in [-0.1, -0.05) is 23.8 Å². The van der Waals surface area contributed by atoms with Crippen molar-refractivity contribution in [1.82, 2.24) is 15.0 Å². The number of allylic oxidation sites excluding steroid dienone is 5. The van der Waals surface area contributed by atoms with Crippen LogP contribution in [0.3, 0.4) is 0 Å². The highest BCUT2D eigenvalue weighted by molar-refractivity contribution is 6.31. The minimum Gasteiger partial charge on any atom is -0.348 e. The van der Waals surface area contributed by atoms with Gasteiger partial charge in [-0.15, -0.1) is 0 Å². The Kier molecular flexibility index (Phi) is 9.22. The molecule has 1 aromatic rings. The fourth-order valence-corrected chi connectivity index (χ4v) is 2.14. The van der Waals surface area contributed by atoms with Crippen molar-refractivity contribution in [2.45, 2.75) is 52.5 Å². The molecule has 11 heteroatoms. The van der Waals surface area contributed by atoms with E-state index < -0.39 is 12.3 Å². The van der Waals surface area contributed by atoms with Gasteiger partial charge in [-0.2, -0.15) is 28.1 Å². The molecular weight excluding hydrogens is 414 g/mol. The van der Waals surface area contributed by atoms with E-state index >= 15 is 0 Å². The summed E-state index contributed by atoms with van der Waals surface area (Å²) in [6.45, 7) is 5.64. The first-order valence-corrected chi connectivity index (χ1v) is 8.96. The van der Waals surface area contributed by atoms with Crippen molar-refractivity contribution in [3.63, 3.8) is 0 Å². The lowest BCUT2D eigenvalue weighted by atomic mass is 10.1. The molecule has 1 amide bonds. The molecule has 2 unspecified atom stereocenters. The van der Waals surface area contributed by atoms with Crippen molar-refractivity contribution < 1.29 is 22.4 Å². The molecule has 2 N–H and O–H groups in total. The SMILES string of the molecule is CC(=O)Nc1nc(C)nc(NC(C)C2=CC=C(Cl)C=CC2)n1.CC(F)C(F)(F)F. The first-order valence-electron chi connectivity index (χ1n) is 8.59. The molecule has 0 radical (unpaired) electrons. The highest BCUT2D eigenvalue weighted by atomic mass is 35.5. The van der Waals surface area contributed by atoms with Crippen molar-refractivity contribution in [2.75, 3.05) is 10.6 Å². The normalized spacial score (nSPS) is 15.8. The summed E-state index contributed by atoms with van der Waals surface area (Å²) in [6.07, 6.45) is 1.16. The second-order valence-corrected chi connectivity index (χ2v) is 6.57. The van der Waals surface area contributed by atoms with Crippen molar-refractivity contribution in [1.29, 1.82) is 0 Å². The summed E-state index contributed by atoms with van der Waals surface area (Å²) in [5, 5.41) is 6.48. The van der Waals surface area contributed by atoms with Gasteiger partial charge in [0.05, 0.1) is 0 Å². The molecule has 0 bridgehead atoms. The van der Waals surface area contributed by atoms with Crippen LogP contribution in [0.15, 0.2) is 34.9 Å². The van der Waals surface area contributed by atoms with E-state index in [0.717, 1.165) is 12.0 Å². The maximum Gasteiger partial charge on any atom is 0.419 e. The monoisotopic (exact) mass is 435 g/mol. The zero-order valence-electron chi connectivity index (χ0n) is 16.3. The van der Waals surface area contributed by atoms with Crippen LogP contribution < -0.4 is 10.6 Å². The third-order valence-electron chi connectivity index (χ3n) is 3.48. The molecule has 1 aliphatic rings. The van der Waals surface area contributed by atoms with Gasteiger partial charge in [0.2, 0.25) is 17.8 Å². The maximum absolute atomic E-state index is 11.1. The molecule has 29 heavy (non-hydrogen) atoms. The van der Waals surface area contributed by atoms with Gasteiger partial charge in [-0.05, 0) is 44.9 Å².